The molecule has 2 aliphatic heterocycles. The average molecular weight is 258 g/mol. The Bertz CT molecular complexity index is 489. The molecule has 0 unspecified atom stereocenters. The first-order valence-corrected chi connectivity index (χ1v) is 6.80. The molecule has 0 bridgehead atoms. The van der Waals surface area contributed by atoms with Crippen molar-refractivity contribution >= 4 is 0 Å². The fourth-order valence-electron chi connectivity index (χ4n) is 2.95. The third-order valence-corrected chi connectivity index (χ3v) is 3.84. The van der Waals surface area contributed by atoms with Crippen LogP contribution in [0.2, 0.25) is 0 Å². The minimum Gasteiger partial charge on any atom is -0.346 e. The van der Waals surface area contributed by atoms with Crippen molar-refractivity contribution in [2.24, 2.45) is 0 Å². The molecule has 0 aliphatic carbocycles. The Kier molecular flexibility index (Phi) is 3.52. The van der Waals surface area contributed by atoms with Gasteiger partial charge in [0.25, 0.3) is 0 Å². The summed E-state index contributed by atoms with van der Waals surface area (Å²) >= 11 is 0. The number of likely N-dealkylation sites (tertiary alicyclic amines) is 1. The maximum atomic E-state index is 9.14. The highest BCUT2D eigenvalue weighted by molar-refractivity contribution is 5.37. The molecule has 0 saturated carbocycles. The second-order valence-corrected chi connectivity index (χ2v) is 5.19. The van der Waals surface area contributed by atoms with E-state index in [0.717, 1.165) is 43.6 Å². The van der Waals surface area contributed by atoms with Gasteiger partial charge < -0.3 is 9.47 Å². The van der Waals surface area contributed by atoms with Crippen molar-refractivity contribution in [2.75, 3.05) is 26.3 Å². The van der Waals surface area contributed by atoms with Crippen LogP contribution in [0.1, 0.15) is 24.0 Å². The predicted octanol–water partition coefficient (Wildman–Crippen LogP) is 1.90. The normalized spacial score (nSPS) is 22.5. The van der Waals surface area contributed by atoms with Crippen molar-refractivity contribution in [3.8, 4) is 6.07 Å². The average Bonchev–Trinajstić information content (AvgIpc) is 2.87. The standard InChI is InChI=1S/C15H18N2O2/c16-10-13-4-1-2-5-14(13)11-17-7-3-6-15(12-17)18-8-9-19-15/h1-2,4-5H,3,6-9,11-12H2. The zero-order valence-corrected chi connectivity index (χ0v) is 11.0. The number of nitriles is 1. The molecule has 2 heterocycles. The molecule has 2 saturated heterocycles. The van der Waals surface area contributed by atoms with E-state index >= 15 is 0 Å². The Hall–Kier alpha value is -1.41. The van der Waals surface area contributed by atoms with Gasteiger partial charge in [0.05, 0.1) is 31.4 Å². The second kappa shape index (κ2) is 5.30. The molecule has 19 heavy (non-hydrogen) atoms. The summed E-state index contributed by atoms with van der Waals surface area (Å²) in [4.78, 5) is 2.32. The lowest BCUT2D eigenvalue weighted by Gasteiger charge is -2.38. The van der Waals surface area contributed by atoms with Crippen LogP contribution in [0.15, 0.2) is 24.3 Å². The third-order valence-electron chi connectivity index (χ3n) is 3.84. The summed E-state index contributed by atoms with van der Waals surface area (Å²) in [6.07, 6.45) is 2.05. The number of rotatable bonds is 2. The van der Waals surface area contributed by atoms with Crippen molar-refractivity contribution in [2.45, 2.75) is 25.2 Å². The molecule has 100 valence electrons. The first-order valence-electron chi connectivity index (χ1n) is 6.80. The molecule has 0 radical (unpaired) electrons. The highest BCUT2D eigenvalue weighted by Crippen LogP contribution is 2.30. The zero-order chi connectivity index (χ0) is 13.1. The Balaban J connectivity index is 1.71. The Morgan fingerprint density at radius 3 is 2.84 bits per heavy atom. The monoisotopic (exact) mass is 258 g/mol. The minimum absolute atomic E-state index is 0.389. The first-order chi connectivity index (χ1) is 9.31. The van der Waals surface area contributed by atoms with E-state index in [9.17, 15) is 0 Å². The van der Waals surface area contributed by atoms with Crippen molar-refractivity contribution in [3.05, 3.63) is 35.4 Å². The zero-order valence-electron chi connectivity index (χ0n) is 11.0. The van der Waals surface area contributed by atoms with Crippen LogP contribution in [0.4, 0.5) is 0 Å². The van der Waals surface area contributed by atoms with E-state index in [1.807, 2.05) is 24.3 Å². The van der Waals surface area contributed by atoms with Crippen LogP contribution in [-0.2, 0) is 16.0 Å². The number of benzene rings is 1. The SMILES string of the molecule is N#Cc1ccccc1CN1CCCC2(C1)OCCO2. The van der Waals surface area contributed by atoms with Gasteiger partial charge in [0, 0.05) is 13.0 Å². The van der Waals surface area contributed by atoms with E-state index < -0.39 is 0 Å². The Morgan fingerprint density at radius 1 is 1.26 bits per heavy atom. The molecule has 3 rings (SSSR count). The van der Waals surface area contributed by atoms with Gasteiger partial charge in [-0.15, -0.1) is 0 Å². The van der Waals surface area contributed by atoms with Crippen LogP contribution in [0, 0.1) is 11.3 Å². The first kappa shape index (κ1) is 12.6. The van der Waals surface area contributed by atoms with Gasteiger partial charge in [-0.3, -0.25) is 4.90 Å². The van der Waals surface area contributed by atoms with Crippen molar-refractivity contribution < 1.29 is 9.47 Å². The molecular formula is C15H18N2O2. The lowest BCUT2D eigenvalue weighted by molar-refractivity contribution is -0.190. The molecule has 0 atom stereocenters. The molecule has 2 aliphatic rings. The number of nitrogens with zero attached hydrogens (tertiary/aromatic N) is 2. The van der Waals surface area contributed by atoms with Crippen LogP contribution in [0.25, 0.3) is 0 Å². The lowest BCUT2D eigenvalue weighted by Crippen LogP contribution is -2.48. The van der Waals surface area contributed by atoms with Gasteiger partial charge in [0.15, 0.2) is 5.79 Å². The van der Waals surface area contributed by atoms with Gasteiger partial charge in [0.2, 0.25) is 0 Å². The van der Waals surface area contributed by atoms with E-state index in [1.54, 1.807) is 0 Å². The molecule has 1 aromatic carbocycles. The van der Waals surface area contributed by atoms with Crippen molar-refractivity contribution in [1.29, 1.82) is 5.26 Å². The Morgan fingerprint density at radius 2 is 2.05 bits per heavy atom. The Labute approximate surface area is 113 Å². The summed E-state index contributed by atoms with van der Waals surface area (Å²) in [5, 5.41) is 9.14. The number of ether oxygens (including phenoxy) is 2. The van der Waals surface area contributed by atoms with Gasteiger partial charge in [-0.1, -0.05) is 18.2 Å². The summed E-state index contributed by atoms with van der Waals surface area (Å²) in [7, 11) is 0. The molecule has 0 amide bonds. The topological polar surface area (TPSA) is 45.5 Å². The van der Waals surface area contributed by atoms with Gasteiger partial charge in [-0.25, -0.2) is 0 Å². The fraction of sp³-hybridized carbons (Fsp3) is 0.533. The quantitative estimate of drug-likeness (QED) is 0.812. The van der Waals surface area contributed by atoms with Crippen molar-refractivity contribution in [1.82, 2.24) is 4.90 Å². The number of piperidine rings is 1. The van der Waals surface area contributed by atoms with Gasteiger partial charge >= 0.3 is 0 Å². The summed E-state index contributed by atoms with van der Waals surface area (Å²) in [5.41, 5.74) is 1.84. The van der Waals surface area contributed by atoms with E-state index in [2.05, 4.69) is 11.0 Å². The molecule has 4 nitrogen and oxygen atoms in total. The minimum atomic E-state index is -0.389. The predicted molar refractivity (Wildman–Crippen MR) is 70.3 cm³/mol. The largest absolute Gasteiger partial charge is 0.346 e. The molecule has 1 spiro atoms. The highest BCUT2D eigenvalue weighted by Gasteiger charge is 2.40. The summed E-state index contributed by atoms with van der Waals surface area (Å²) < 4.78 is 11.6. The smallest absolute Gasteiger partial charge is 0.181 e. The van der Waals surface area contributed by atoms with Crippen molar-refractivity contribution in [3.63, 3.8) is 0 Å². The summed E-state index contributed by atoms with van der Waals surface area (Å²) in [5.74, 6) is -0.389. The van der Waals surface area contributed by atoms with Crippen LogP contribution in [0.5, 0.6) is 0 Å². The van der Waals surface area contributed by atoms with Crippen LogP contribution >= 0.6 is 0 Å². The van der Waals surface area contributed by atoms with Gasteiger partial charge in [0.1, 0.15) is 0 Å². The van der Waals surface area contributed by atoms with E-state index in [0.29, 0.717) is 13.2 Å². The summed E-state index contributed by atoms with van der Waals surface area (Å²) in [6.45, 7) is 4.02. The molecule has 4 heteroatoms. The molecule has 1 aromatic rings. The fourth-order valence-corrected chi connectivity index (χ4v) is 2.95. The van der Waals surface area contributed by atoms with Crippen LogP contribution in [0.3, 0.4) is 0 Å². The number of hydrogen-bond donors (Lipinski definition) is 0. The molecular weight excluding hydrogens is 240 g/mol. The molecule has 0 N–H and O–H groups in total. The van der Waals surface area contributed by atoms with Crippen LogP contribution in [-0.4, -0.2) is 37.0 Å². The maximum absolute atomic E-state index is 9.14. The lowest BCUT2D eigenvalue weighted by atomic mass is 10.0. The number of hydrogen-bond acceptors (Lipinski definition) is 4. The molecule has 0 aromatic heterocycles. The summed E-state index contributed by atoms with van der Waals surface area (Å²) in [6, 6.07) is 10.0. The van der Waals surface area contributed by atoms with E-state index in [-0.39, 0.29) is 5.79 Å². The van der Waals surface area contributed by atoms with E-state index in [1.165, 1.54) is 0 Å². The van der Waals surface area contributed by atoms with Gasteiger partial charge in [-0.05, 0) is 24.6 Å². The maximum Gasteiger partial charge on any atom is 0.181 e. The van der Waals surface area contributed by atoms with Gasteiger partial charge in [-0.2, -0.15) is 5.26 Å². The second-order valence-electron chi connectivity index (χ2n) is 5.19. The highest BCUT2D eigenvalue weighted by atomic mass is 16.7. The van der Waals surface area contributed by atoms with E-state index in [4.69, 9.17) is 14.7 Å². The molecule has 2 fully saturated rings. The third kappa shape index (κ3) is 2.64. The van der Waals surface area contributed by atoms with Crippen LogP contribution < -0.4 is 0 Å².